The fourth-order valence-corrected chi connectivity index (χ4v) is 2.82. The number of benzene rings is 1. The number of carboxylic acids is 1. The van der Waals surface area contributed by atoms with Crippen molar-refractivity contribution >= 4 is 41.0 Å². The summed E-state index contributed by atoms with van der Waals surface area (Å²) < 4.78 is 1.22. The van der Waals surface area contributed by atoms with Crippen LogP contribution in [-0.4, -0.2) is 23.7 Å². The molecule has 2 N–H and O–H groups in total. The minimum Gasteiger partial charge on any atom is -0.480 e. The van der Waals surface area contributed by atoms with Gasteiger partial charge in [-0.1, -0.05) is 18.2 Å². The van der Waals surface area contributed by atoms with Crippen LogP contribution in [0.4, 0.5) is 0 Å². The number of hydrogen-bond acceptors (Lipinski definition) is 2. The second-order valence-electron chi connectivity index (χ2n) is 4.11. The van der Waals surface area contributed by atoms with Crippen molar-refractivity contribution in [2.45, 2.75) is 18.9 Å². The molecular weight excluding hydrogens is 352 g/mol. The number of halogens is 2. The van der Waals surface area contributed by atoms with Crippen LogP contribution in [-0.2, 0) is 11.2 Å². The Bertz CT molecular complexity index is 400. The predicted molar refractivity (Wildman–Crippen MR) is 77.6 cm³/mol. The molecule has 94 valence electrons. The van der Waals surface area contributed by atoms with E-state index in [-0.39, 0.29) is 24.4 Å². The first-order chi connectivity index (χ1) is 7.68. The number of aliphatic carboxylic acids is 1. The van der Waals surface area contributed by atoms with Gasteiger partial charge in [-0.15, -0.1) is 12.4 Å². The molecule has 0 spiro atoms. The van der Waals surface area contributed by atoms with Gasteiger partial charge in [-0.05, 0) is 59.5 Å². The van der Waals surface area contributed by atoms with Gasteiger partial charge in [0.15, 0.2) is 0 Å². The Labute approximate surface area is 121 Å². The third-order valence-electron chi connectivity index (χ3n) is 3.06. The first kappa shape index (κ1) is 14.7. The van der Waals surface area contributed by atoms with Gasteiger partial charge in [0.05, 0.1) is 0 Å². The first-order valence-electron chi connectivity index (χ1n) is 5.38. The maximum atomic E-state index is 11.0. The molecule has 0 bridgehead atoms. The lowest BCUT2D eigenvalue weighted by Gasteiger charge is -2.16. The number of hydrogen-bond donors (Lipinski definition) is 2. The standard InChI is InChI=1S/C12H14INO2.ClH/c13-10-4-2-1-3-8(10)7-9-5-6-14-11(9)12(15)16;/h1-4,9,11,14H,5-7H2,(H,15,16);1H/t9?,11-;/m0./s1. The van der Waals surface area contributed by atoms with Gasteiger partial charge in [-0.25, -0.2) is 0 Å². The molecule has 0 radical (unpaired) electrons. The van der Waals surface area contributed by atoms with Crippen molar-refractivity contribution in [2.75, 3.05) is 6.54 Å². The van der Waals surface area contributed by atoms with Crippen molar-refractivity contribution in [2.24, 2.45) is 5.92 Å². The van der Waals surface area contributed by atoms with Gasteiger partial charge < -0.3 is 10.4 Å². The van der Waals surface area contributed by atoms with E-state index in [9.17, 15) is 4.79 Å². The molecule has 17 heavy (non-hydrogen) atoms. The van der Waals surface area contributed by atoms with E-state index in [2.05, 4.69) is 40.0 Å². The van der Waals surface area contributed by atoms with E-state index in [1.54, 1.807) is 0 Å². The van der Waals surface area contributed by atoms with Gasteiger partial charge in [0.1, 0.15) is 6.04 Å². The lowest BCUT2D eigenvalue weighted by Crippen LogP contribution is -2.36. The lowest BCUT2D eigenvalue weighted by atomic mass is 9.93. The molecule has 0 amide bonds. The van der Waals surface area contributed by atoms with Crippen LogP contribution >= 0.6 is 35.0 Å². The zero-order chi connectivity index (χ0) is 11.5. The minimum atomic E-state index is -0.728. The average Bonchev–Trinajstić information content (AvgIpc) is 2.69. The Kier molecular flexibility index (Phi) is 5.69. The number of rotatable bonds is 3. The summed E-state index contributed by atoms with van der Waals surface area (Å²) in [5, 5.41) is 12.1. The molecule has 2 atom stereocenters. The Morgan fingerprint density at radius 3 is 2.82 bits per heavy atom. The van der Waals surface area contributed by atoms with Crippen molar-refractivity contribution in [3.05, 3.63) is 33.4 Å². The molecule has 2 rings (SSSR count). The second kappa shape index (κ2) is 6.56. The first-order valence-corrected chi connectivity index (χ1v) is 6.46. The predicted octanol–water partition coefficient (Wildman–Crippen LogP) is 2.32. The van der Waals surface area contributed by atoms with Gasteiger partial charge in [0.25, 0.3) is 0 Å². The van der Waals surface area contributed by atoms with E-state index in [0.717, 1.165) is 19.4 Å². The zero-order valence-corrected chi connectivity index (χ0v) is 12.2. The van der Waals surface area contributed by atoms with Gasteiger partial charge in [0.2, 0.25) is 0 Å². The summed E-state index contributed by atoms with van der Waals surface area (Å²) >= 11 is 2.30. The summed E-state index contributed by atoms with van der Waals surface area (Å²) in [6.07, 6.45) is 1.80. The molecule has 1 heterocycles. The van der Waals surface area contributed by atoms with E-state index >= 15 is 0 Å². The van der Waals surface area contributed by atoms with Crippen molar-refractivity contribution in [3.8, 4) is 0 Å². The van der Waals surface area contributed by atoms with Gasteiger partial charge in [-0.2, -0.15) is 0 Å². The zero-order valence-electron chi connectivity index (χ0n) is 9.23. The van der Waals surface area contributed by atoms with Crippen LogP contribution in [0.25, 0.3) is 0 Å². The Balaban J connectivity index is 0.00000144. The number of nitrogens with one attached hydrogen (secondary N) is 1. The minimum absolute atomic E-state index is 0. The van der Waals surface area contributed by atoms with Gasteiger partial charge in [-0.3, -0.25) is 4.79 Å². The fourth-order valence-electron chi connectivity index (χ4n) is 2.21. The number of carboxylic acid groups (broad SMARTS) is 1. The van der Waals surface area contributed by atoms with Crippen LogP contribution in [0.2, 0.25) is 0 Å². The maximum absolute atomic E-state index is 11.0. The summed E-state index contributed by atoms with van der Waals surface area (Å²) in [5.74, 6) is -0.512. The van der Waals surface area contributed by atoms with E-state index in [4.69, 9.17) is 5.11 Å². The molecule has 1 aromatic rings. The Hall–Kier alpha value is -0.330. The highest BCUT2D eigenvalue weighted by molar-refractivity contribution is 14.1. The monoisotopic (exact) mass is 367 g/mol. The molecule has 1 saturated heterocycles. The molecule has 0 aliphatic carbocycles. The fraction of sp³-hybridized carbons (Fsp3) is 0.417. The van der Waals surface area contributed by atoms with Crippen LogP contribution in [0.15, 0.2) is 24.3 Å². The SMILES string of the molecule is Cl.O=C(O)[C@H]1NCCC1Cc1ccccc1I. The Morgan fingerprint density at radius 1 is 1.47 bits per heavy atom. The summed E-state index contributed by atoms with van der Waals surface area (Å²) in [6.45, 7) is 0.811. The molecule has 1 aromatic carbocycles. The molecule has 1 aliphatic heterocycles. The average molecular weight is 368 g/mol. The quantitative estimate of drug-likeness (QED) is 0.806. The molecule has 5 heteroatoms. The highest BCUT2D eigenvalue weighted by atomic mass is 127. The van der Waals surface area contributed by atoms with Crippen LogP contribution in [0.5, 0.6) is 0 Å². The molecule has 3 nitrogen and oxygen atoms in total. The van der Waals surface area contributed by atoms with Crippen LogP contribution < -0.4 is 5.32 Å². The molecule has 0 saturated carbocycles. The molecule has 1 unspecified atom stereocenters. The Morgan fingerprint density at radius 2 is 2.18 bits per heavy atom. The highest BCUT2D eigenvalue weighted by Crippen LogP contribution is 2.23. The molecule has 0 aromatic heterocycles. The normalized spacial score (nSPS) is 23.1. The third kappa shape index (κ3) is 3.56. The third-order valence-corrected chi connectivity index (χ3v) is 4.11. The summed E-state index contributed by atoms with van der Waals surface area (Å²) in [5.41, 5.74) is 1.25. The molecule has 1 aliphatic rings. The lowest BCUT2D eigenvalue weighted by molar-refractivity contribution is -0.140. The largest absolute Gasteiger partial charge is 0.480 e. The van der Waals surface area contributed by atoms with Crippen LogP contribution in [0.1, 0.15) is 12.0 Å². The van der Waals surface area contributed by atoms with Crippen molar-refractivity contribution in [1.29, 1.82) is 0 Å². The van der Waals surface area contributed by atoms with Crippen LogP contribution in [0, 0.1) is 9.49 Å². The second-order valence-corrected chi connectivity index (χ2v) is 5.28. The van der Waals surface area contributed by atoms with Crippen molar-refractivity contribution in [3.63, 3.8) is 0 Å². The molecule has 1 fully saturated rings. The van der Waals surface area contributed by atoms with E-state index in [1.165, 1.54) is 9.13 Å². The number of carbonyl (C=O) groups is 1. The van der Waals surface area contributed by atoms with Crippen molar-refractivity contribution < 1.29 is 9.90 Å². The van der Waals surface area contributed by atoms with Crippen LogP contribution in [0.3, 0.4) is 0 Å². The van der Waals surface area contributed by atoms with E-state index in [0.29, 0.717) is 0 Å². The van der Waals surface area contributed by atoms with E-state index < -0.39 is 5.97 Å². The summed E-state index contributed by atoms with van der Waals surface area (Å²) in [4.78, 5) is 11.0. The van der Waals surface area contributed by atoms with Crippen molar-refractivity contribution in [1.82, 2.24) is 5.32 Å². The smallest absolute Gasteiger partial charge is 0.320 e. The van der Waals surface area contributed by atoms with E-state index in [1.807, 2.05) is 12.1 Å². The highest BCUT2D eigenvalue weighted by Gasteiger charge is 2.32. The topological polar surface area (TPSA) is 49.3 Å². The summed E-state index contributed by atoms with van der Waals surface area (Å²) in [6, 6.07) is 7.78. The van der Waals surface area contributed by atoms with Gasteiger partial charge >= 0.3 is 5.97 Å². The van der Waals surface area contributed by atoms with Gasteiger partial charge in [0, 0.05) is 3.57 Å². The maximum Gasteiger partial charge on any atom is 0.320 e. The summed E-state index contributed by atoms with van der Waals surface area (Å²) in [7, 11) is 0. The molecular formula is C12H15ClINO2.